The summed E-state index contributed by atoms with van der Waals surface area (Å²) in [5.41, 5.74) is 5.16. The molecule has 2 atom stereocenters. The lowest BCUT2D eigenvalue weighted by Crippen LogP contribution is -2.31. The summed E-state index contributed by atoms with van der Waals surface area (Å²) in [6.07, 6.45) is 5.29. The van der Waals surface area contributed by atoms with Gasteiger partial charge < -0.3 is 0 Å². The van der Waals surface area contributed by atoms with Crippen LogP contribution in [0.15, 0.2) is 96.9 Å². The third-order valence-electron chi connectivity index (χ3n) is 6.22. The van der Waals surface area contributed by atoms with E-state index in [4.69, 9.17) is 5.10 Å². The second kappa shape index (κ2) is 9.69. The Balaban J connectivity index is 1.57. The number of fused-ring (bicyclic) bond motifs is 1. The number of hydrogen-bond acceptors (Lipinski definition) is 2. The minimum Gasteiger partial charge on any atom is -0.267 e. The summed E-state index contributed by atoms with van der Waals surface area (Å²) in [5.74, 6) is 0.112. The molecule has 0 unspecified atom stereocenters. The topological polar surface area (TPSA) is 32.7 Å². The minimum atomic E-state index is -0.113. The van der Waals surface area contributed by atoms with Gasteiger partial charge in [0.1, 0.15) is 0 Å². The molecule has 6 heteroatoms. The summed E-state index contributed by atoms with van der Waals surface area (Å²) < 4.78 is 3.03. The number of hydrogen-bond donors (Lipinski definition) is 0. The molecule has 1 fully saturated rings. The Hall–Kier alpha value is -2.02. The van der Waals surface area contributed by atoms with Gasteiger partial charge in [-0.05, 0) is 90.6 Å². The maximum Gasteiger partial charge on any atom is 0.274 e. The number of benzene rings is 3. The van der Waals surface area contributed by atoms with Gasteiger partial charge in [-0.25, -0.2) is 5.01 Å². The van der Waals surface area contributed by atoms with E-state index >= 15 is 0 Å². The number of hydrazone groups is 1. The third kappa shape index (κ3) is 4.79. The van der Waals surface area contributed by atoms with E-state index in [-0.39, 0.29) is 17.9 Å². The largest absolute Gasteiger partial charge is 0.274 e. The highest BCUT2D eigenvalue weighted by atomic mass is 79.9. The molecule has 0 N–H and O–H groups in total. The SMILES string of the molecule is O=C(c1ccc(Br)cc1)N1N=C2/C(=C/c3ccc(Br)cc3)CCC[C@H]2[C@H]1c1ccc(Br)cc1. The normalized spacial score (nSPS) is 21.1. The van der Waals surface area contributed by atoms with Gasteiger partial charge in [-0.2, -0.15) is 5.10 Å². The van der Waals surface area contributed by atoms with Crippen molar-refractivity contribution in [2.75, 3.05) is 0 Å². The maximum atomic E-state index is 13.6. The number of halogens is 3. The molecule has 0 saturated heterocycles. The zero-order valence-corrected chi connectivity index (χ0v) is 22.5. The van der Waals surface area contributed by atoms with E-state index in [2.05, 4.69) is 90.3 Å². The van der Waals surface area contributed by atoms with E-state index in [0.717, 1.165) is 49.5 Å². The second-order valence-electron chi connectivity index (χ2n) is 8.36. The first-order valence-corrected chi connectivity index (χ1v) is 13.3. The van der Waals surface area contributed by atoms with Gasteiger partial charge >= 0.3 is 0 Å². The number of rotatable bonds is 3. The molecule has 1 saturated carbocycles. The van der Waals surface area contributed by atoms with Crippen LogP contribution in [0.1, 0.15) is 46.8 Å². The molecule has 33 heavy (non-hydrogen) atoms. The molecule has 166 valence electrons. The highest BCUT2D eigenvalue weighted by molar-refractivity contribution is 9.11. The lowest BCUT2D eigenvalue weighted by Gasteiger charge is -2.29. The molecule has 1 aliphatic carbocycles. The van der Waals surface area contributed by atoms with Gasteiger partial charge in [-0.15, -0.1) is 0 Å². The fraction of sp³-hybridized carbons (Fsp3) is 0.185. The van der Waals surface area contributed by atoms with Crippen molar-refractivity contribution in [3.8, 4) is 0 Å². The molecule has 3 aromatic rings. The summed E-state index contributed by atoms with van der Waals surface area (Å²) in [5, 5.41) is 6.70. The van der Waals surface area contributed by atoms with Crippen molar-refractivity contribution in [1.82, 2.24) is 5.01 Å². The average molecular weight is 629 g/mol. The van der Waals surface area contributed by atoms with Crippen molar-refractivity contribution < 1.29 is 4.79 Å². The predicted octanol–water partition coefficient (Wildman–Crippen LogP) is 8.41. The lowest BCUT2D eigenvalue weighted by molar-refractivity contribution is 0.0681. The fourth-order valence-corrected chi connectivity index (χ4v) is 5.44. The van der Waals surface area contributed by atoms with Crippen molar-refractivity contribution in [1.29, 1.82) is 0 Å². The first-order chi connectivity index (χ1) is 16.0. The fourth-order valence-electron chi connectivity index (χ4n) is 4.65. The van der Waals surface area contributed by atoms with Crippen LogP contribution in [0.2, 0.25) is 0 Å². The molecule has 2 aliphatic rings. The number of carbonyl (C=O) groups excluding carboxylic acids is 1. The van der Waals surface area contributed by atoms with Gasteiger partial charge in [0, 0.05) is 24.9 Å². The number of allylic oxidation sites excluding steroid dienone is 1. The summed E-state index contributed by atoms with van der Waals surface area (Å²) >= 11 is 10.5. The van der Waals surface area contributed by atoms with Crippen LogP contribution in [-0.4, -0.2) is 16.6 Å². The second-order valence-corrected chi connectivity index (χ2v) is 11.1. The van der Waals surface area contributed by atoms with E-state index < -0.39 is 0 Å². The Morgan fingerprint density at radius 2 is 1.42 bits per heavy atom. The van der Waals surface area contributed by atoms with Crippen LogP contribution in [0.4, 0.5) is 0 Å². The zero-order chi connectivity index (χ0) is 22.9. The van der Waals surface area contributed by atoms with Gasteiger partial charge in [0.15, 0.2) is 0 Å². The Kier molecular flexibility index (Phi) is 6.68. The van der Waals surface area contributed by atoms with Gasteiger partial charge in [0.2, 0.25) is 0 Å². The van der Waals surface area contributed by atoms with Crippen LogP contribution >= 0.6 is 47.8 Å². The standard InChI is InChI=1S/C27H21Br3N2O/c28-21-10-4-17(5-11-21)16-20-2-1-3-24-25(20)31-32(26(24)18-6-12-22(29)13-7-18)27(33)19-8-14-23(30)15-9-19/h4-16,24,26H,1-3H2/b20-16+/t24-,26-/m1/s1. The number of nitrogens with zero attached hydrogens (tertiary/aromatic N) is 2. The van der Waals surface area contributed by atoms with Crippen molar-refractivity contribution >= 4 is 65.5 Å². The van der Waals surface area contributed by atoms with Crippen molar-refractivity contribution in [3.05, 3.63) is 108 Å². The van der Waals surface area contributed by atoms with Crippen molar-refractivity contribution in [3.63, 3.8) is 0 Å². The molecule has 1 amide bonds. The van der Waals surface area contributed by atoms with Crippen LogP contribution in [0.3, 0.4) is 0 Å². The zero-order valence-electron chi connectivity index (χ0n) is 17.7. The minimum absolute atomic E-state index is 0.0692. The smallest absolute Gasteiger partial charge is 0.267 e. The van der Waals surface area contributed by atoms with Crippen molar-refractivity contribution in [2.24, 2.45) is 11.0 Å². The third-order valence-corrected chi connectivity index (χ3v) is 7.81. The van der Waals surface area contributed by atoms with Crippen molar-refractivity contribution in [2.45, 2.75) is 25.3 Å². The Morgan fingerprint density at radius 3 is 2.06 bits per heavy atom. The van der Waals surface area contributed by atoms with E-state index in [1.807, 2.05) is 36.4 Å². The molecule has 5 rings (SSSR count). The van der Waals surface area contributed by atoms with Gasteiger partial charge in [-0.1, -0.05) is 72.1 Å². The van der Waals surface area contributed by atoms with Crippen LogP contribution in [0, 0.1) is 5.92 Å². The summed E-state index contributed by atoms with van der Waals surface area (Å²) in [6.45, 7) is 0. The van der Waals surface area contributed by atoms with E-state index in [9.17, 15) is 4.79 Å². The molecule has 0 spiro atoms. The molecule has 0 aromatic heterocycles. The number of amides is 1. The number of carbonyl (C=O) groups is 1. The molecule has 1 aliphatic heterocycles. The van der Waals surface area contributed by atoms with E-state index in [1.165, 1.54) is 5.57 Å². The van der Waals surface area contributed by atoms with Gasteiger partial charge in [-0.3, -0.25) is 4.79 Å². The van der Waals surface area contributed by atoms with Crippen LogP contribution < -0.4 is 0 Å². The van der Waals surface area contributed by atoms with Crippen LogP contribution in [0.25, 0.3) is 6.08 Å². The molecular weight excluding hydrogens is 608 g/mol. The maximum absolute atomic E-state index is 13.6. The molecule has 3 aromatic carbocycles. The van der Waals surface area contributed by atoms with Crippen LogP contribution in [0.5, 0.6) is 0 Å². The monoisotopic (exact) mass is 626 g/mol. The molecule has 0 bridgehead atoms. The lowest BCUT2D eigenvalue weighted by atomic mass is 9.77. The quantitative estimate of drug-likeness (QED) is 0.287. The van der Waals surface area contributed by atoms with Gasteiger partial charge in [0.05, 0.1) is 11.8 Å². The van der Waals surface area contributed by atoms with Gasteiger partial charge in [0.25, 0.3) is 5.91 Å². The molecular formula is C27H21Br3N2O. The molecule has 0 radical (unpaired) electrons. The average Bonchev–Trinajstić information content (AvgIpc) is 3.22. The Bertz CT molecular complexity index is 1230. The molecule has 1 heterocycles. The highest BCUT2D eigenvalue weighted by Crippen LogP contribution is 2.45. The van der Waals surface area contributed by atoms with E-state index in [1.54, 1.807) is 5.01 Å². The highest BCUT2D eigenvalue weighted by Gasteiger charge is 2.43. The van der Waals surface area contributed by atoms with E-state index in [0.29, 0.717) is 5.56 Å². The summed E-state index contributed by atoms with van der Waals surface area (Å²) in [4.78, 5) is 13.6. The Morgan fingerprint density at radius 1 is 0.848 bits per heavy atom. The summed E-state index contributed by atoms with van der Waals surface area (Å²) in [6, 6.07) is 24.0. The summed E-state index contributed by atoms with van der Waals surface area (Å²) in [7, 11) is 0. The van der Waals surface area contributed by atoms with Crippen LogP contribution in [-0.2, 0) is 0 Å². The first kappa shape index (κ1) is 22.8. The first-order valence-electron chi connectivity index (χ1n) is 10.9. The molecule has 3 nitrogen and oxygen atoms in total. The predicted molar refractivity (Wildman–Crippen MR) is 144 cm³/mol. The Labute approximate surface area is 219 Å².